The van der Waals surface area contributed by atoms with Gasteiger partial charge in [-0.05, 0) is 11.5 Å². The van der Waals surface area contributed by atoms with E-state index in [1.165, 1.54) is 0 Å². The van der Waals surface area contributed by atoms with Crippen LogP contribution in [0.1, 0.15) is 10.5 Å². The first-order chi connectivity index (χ1) is 9.77. The first-order valence-corrected chi connectivity index (χ1v) is 6.50. The van der Waals surface area contributed by atoms with Gasteiger partial charge in [0.25, 0.3) is 5.91 Å². The summed E-state index contributed by atoms with van der Waals surface area (Å²) in [6.45, 7) is 1.05. The number of carbonyl (C=O) groups is 1. The number of fused-ring (bicyclic) bond motifs is 1. The number of benzene rings is 1. The van der Waals surface area contributed by atoms with Crippen LogP contribution in [0.5, 0.6) is 0 Å². The smallest absolute Gasteiger partial charge is 0.273 e. The molecule has 2 aromatic rings. The molecule has 0 saturated heterocycles. The van der Waals surface area contributed by atoms with Crippen LogP contribution in [-0.4, -0.2) is 54.3 Å². The van der Waals surface area contributed by atoms with E-state index in [-0.39, 0.29) is 19.1 Å². The summed E-state index contributed by atoms with van der Waals surface area (Å²) in [4.78, 5) is 18.3. The number of rotatable bonds is 6. The number of carbonyl (C=O) groups excluding carboxylic acids is 1. The van der Waals surface area contributed by atoms with E-state index in [2.05, 4.69) is 4.98 Å². The van der Waals surface area contributed by atoms with E-state index in [0.29, 0.717) is 18.8 Å². The molecule has 0 saturated carbocycles. The predicted octanol–water partition coefficient (Wildman–Crippen LogP) is 1.32. The van der Waals surface area contributed by atoms with E-state index >= 15 is 0 Å². The third-order valence-electron chi connectivity index (χ3n) is 3.10. The molecule has 1 heterocycles. The Kier molecular flexibility index (Phi) is 5.03. The van der Waals surface area contributed by atoms with Gasteiger partial charge in [0.05, 0.1) is 13.2 Å². The minimum Gasteiger partial charge on any atom is -0.395 e. The van der Waals surface area contributed by atoms with Crippen LogP contribution < -0.4 is 0 Å². The van der Waals surface area contributed by atoms with Crippen molar-refractivity contribution in [1.82, 2.24) is 9.88 Å². The second-order valence-corrected chi connectivity index (χ2v) is 4.39. The molecule has 0 aliphatic carbocycles. The summed E-state index contributed by atoms with van der Waals surface area (Å²) in [6.07, 6.45) is 1.63. The van der Waals surface area contributed by atoms with Gasteiger partial charge in [-0.2, -0.15) is 0 Å². The molecule has 0 radical (unpaired) electrons. The van der Waals surface area contributed by atoms with Gasteiger partial charge in [0.2, 0.25) is 0 Å². The van der Waals surface area contributed by atoms with Crippen LogP contribution >= 0.6 is 0 Å². The molecular weight excluding hydrogens is 256 g/mol. The minimum atomic E-state index is -0.187. The number of aliphatic hydroxyl groups is 1. The highest BCUT2D eigenvalue weighted by Crippen LogP contribution is 2.17. The standard InChI is InChI=1S/C15H18N2O3/c1-20-11-9-17(8-10-18)15(19)14-13-5-3-2-4-12(13)6-7-16-14/h2-7,18H,8-11H2,1H3. The van der Waals surface area contributed by atoms with Crippen LogP contribution in [0, 0.1) is 0 Å². The van der Waals surface area contributed by atoms with Crippen molar-refractivity contribution in [3.05, 3.63) is 42.2 Å². The topological polar surface area (TPSA) is 62.7 Å². The van der Waals surface area contributed by atoms with Gasteiger partial charge in [0, 0.05) is 31.8 Å². The lowest BCUT2D eigenvalue weighted by Crippen LogP contribution is -2.36. The van der Waals surface area contributed by atoms with Gasteiger partial charge in [0.1, 0.15) is 5.69 Å². The number of pyridine rings is 1. The van der Waals surface area contributed by atoms with Crippen molar-refractivity contribution >= 4 is 16.7 Å². The molecule has 0 spiro atoms. The summed E-state index contributed by atoms with van der Waals surface area (Å²) in [5.41, 5.74) is 0.410. The highest BCUT2D eigenvalue weighted by Gasteiger charge is 2.18. The zero-order chi connectivity index (χ0) is 14.4. The Hall–Kier alpha value is -1.98. The summed E-state index contributed by atoms with van der Waals surface area (Å²) in [5, 5.41) is 10.9. The Balaban J connectivity index is 2.33. The molecule has 5 nitrogen and oxygen atoms in total. The van der Waals surface area contributed by atoms with E-state index in [0.717, 1.165) is 10.8 Å². The summed E-state index contributed by atoms with van der Waals surface area (Å²) in [5.74, 6) is -0.187. The van der Waals surface area contributed by atoms with E-state index in [9.17, 15) is 4.79 Å². The molecule has 1 N–H and O–H groups in total. The quantitative estimate of drug-likeness (QED) is 0.863. The fraction of sp³-hybridized carbons (Fsp3) is 0.333. The zero-order valence-electron chi connectivity index (χ0n) is 11.5. The molecule has 106 valence electrons. The molecule has 1 aromatic heterocycles. The number of ether oxygens (including phenoxy) is 1. The van der Waals surface area contributed by atoms with Crippen LogP contribution in [0.2, 0.25) is 0 Å². The van der Waals surface area contributed by atoms with E-state index in [1.807, 2.05) is 30.3 Å². The van der Waals surface area contributed by atoms with Crippen LogP contribution in [0.3, 0.4) is 0 Å². The molecule has 20 heavy (non-hydrogen) atoms. The molecule has 0 aliphatic heterocycles. The zero-order valence-corrected chi connectivity index (χ0v) is 11.5. The number of amides is 1. The van der Waals surface area contributed by atoms with Crippen molar-refractivity contribution in [3.8, 4) is 0 Å². The number of aromatic nitrogens is 1. The lowest BCUT2D eigenvalue weighted by Gasteiger charge is -2.21. The summed E-state index contributed by atoms with van der Waals surface area (Å²) < 4.78 is 5.00. The van der Waals surface area contributed by atoms with E-state index in [1.54, 1.807) is 18.2 Å². The second kappa shape index (κ2) is 6.98. The van der Waals surface area contributed by atoms with Crippen molar-refractivity contribution in [1.29, 1.82) is 0 Å². The first kappa shape index (κ1) is 14.4. The van der Waals surface area contributed by atoms with Crippen molar-refractivity contribution in [2.24, 2.45) is 0 Å². The third kappa shape index (κ3) is 3.12. The first-order valence-electron chi connectivity index (χ1n) is 6.50. The molecule has 0 fully saturated rings. The maximum absolute atomic E-state index is 12.6. The summed E-state index contributed by atoms with van der Waals surface area (Å²) in [7, 11) is 1.58. The van der Waals surface area contributed by atoms with Gasteiger partial charge in [0.15, 0.2) is 0 Å². The second-order valence-electron chi connectivity index (χ2n) is 4.39. The molecule has 5 heteroatoms. The SMILES string of the molecule is COCCN(CCO)C(=O)c1nccc2ccccc12. The fourth-order valence-electron chi connectivity index (χ4n) is 2.08. The molecule has 0 aliphatic rings. The monoisotopic (exact) mass is 274 g/mol. The average molecular weight is 274 g/mol. The lowest BCUT2D eigenvalue weighted by molar-refractivity contribution is 0.0653. The van der Waals surface area contributed by atoms with Gasteiger partial charge in [-0.15, -0.1) is 0 Å². The Labute approximate surface area is 117 Å². The normalized spacial score (nSPS) is 10.7. The van der Waals surface area contributed by atoms with Crippen molar-refractivity contribution in [2.45, 2.75) is 0 Å². The van der Waals surface area contributed by atoms with Crippen molar-refractivity contribution in [2.75, 3.05) is 33.4 Å². The molecular formula is C15H18N2O3. The van der Waals surface area contributed by atoms with E-state index in [4.69, 9.17) is 9.84 Å². The highest BCUT2D eigenvalue weighted by atomic mass is 16.5. The number of methoxy groups -OCH3 is 1. The van der Waals surface area contributed by atoms with Crippen molar-refractivity contribution < 1.29 is 14.6 Å². The molecule has 0 unspecified atom stereocenters. The number of hydrogen-bond donors (Lipinski definition) is 1. The number of hydrogen-bond acceptors (Lipinski definition) is 4. The Morgan fingerprint density at radius 1 is 1.30 bits per heavy atom. The largest absolute Gasteiger partial charge is 0.395 e. The number of aliphatic hydroxyl groups excluding tert-OH is 1. The Morgan fingerprint density at radius 3 is 2.85 bits per heavy atom. The van der Waals surface area contributed by atoms with Crippen molar-refractivity contribution in [3.63, 3.8) is 0 Å². The van der Waals surface area contributed by atoms with Gasteiger partial charge >= 0.3 is 0 Å². The van der Waals surface area contributed by atoms with Gasteiger partial charge in [-0.3, -0.25) is 9.78 Å². The van der Waals surface area contributed by atoms with Gasteiger partial charge in [-0.1, -0.05) is 24.3 Å². The molecule has 1 aromatic carbocycles. The van der Waals surface area contributed by atoms with Gasteiger partial charge < -0.3 is 14.7 Å². The third-order valence-corrected chi connectivity index (χ3v) is 3.10. The fourth-order valence-corrected chi connectivity index (χ4v) is 2.08. The molecule has 0 bridgehead atoms. The Bertz CT molecular complexity index is 581. The minimum absolute atomic E-state index is 0.0831. The van der Waals surface area contributed by atoms with E-state index < -0.39 is 0 Å². The summed E-state index contributed by atoms with van der Waals surface area (Å²) >= 11 is 0. The molecule has 0 atom stereocenters. The lowest BCUT2D eigenvalue weighted by atomic mass is 10.1. The average Bonchev–Trinajstić information content (AvgIpc) is 2.50. The van der Waals surface area contributed by atoms with Crippen LogP contribution in [0.25, 0.3) is 10.8 Å². The molecule has 2 rings (SSSR count). The van der Waals surface area contributed by atoms with Crippen LogP contribution in [0.4, 0.5) is 0 Å². The maximum Gasteiger partial charge on any atom is 0.273 e. The van der Waals surface area contributed by atoms with Crippen LogP contribution in [-0.2, 0) is 4.74 Å². The maximum atomic E-state index is 12.6. The van der Waals surface area contributed by atoms with Gasteiger partial charge in [-0.25, -0.2) is 0 Å². The predicted molar refractivity (Wildman–Crippen MR) is 76.6 cm³/mol. The summed E-state index contributed by atoms with van der Waals surface area (Å²) in [6, 6.07) is 9.50. The Morgan fingerprint density at radius 2 is 2.10 bits per heavy atom. The van der Waals surface area contributed by atoms with Crippen LogP contribution in [0.15, 0.2) is 36.5 Å². The number of nitrogens with zero attached hydrogens (tertiary/aromatic N) is 2. The highest BCUT2D eigenvalue weighted by molar-refractivity contribution is 6.05. The molecule has 1 amide bonds.